The fraction of sp³-hybridized carbons (Fsp3) is 0.231. The van der Waals surface area contributed by atoms with Gasteiger partial charge in [-0.25, -0.2) is 4.39 Å². The van der Waals surface area contributed by atoms with Crippen LogP contribution in [-0.4, -0.2) is 11.7 Å². The molecule has 0 aliphatic heterocycles. The van der Waals surface area contributed by atoms with E-state index in [4.69, 9.17) is 4.42 Å². The van der Waals surface area contributed by atoms with Crippen molar-refractivity contribution in [1.82, 2.24) is 0 Å². The third-order valence-corrected chi connectivity index (χ3v) is 2.60. The summed E-state index contributed by atoms with van der Waals surface area (Å²) in [5.41, 5.74) is 1.81. The molecular weight excluding hydrogens is 207 g/mol. The number of halogens is 1. The number of rotatable bonds is 4. The van der Waals surface area contributed by atoms with Gasteiger partial charge in [0.25, 0.3) is 0 Å². The van der Waals surface area contributed by atoms with Crippen molar-refractivity contribution in [3.05, 3.63) is 59.8 Å². The highest BCUT2D eigenvalue weighted by Gasteiger charge is 2.12. The molecule has 1 unspecified atom stereocenters. The lowest BCUT2D eigenvalue weighted by Crippen LogP contribution is -2.07. The topological polar surface area (TPSA) is 33.4 Å². The molecule has 0 aliphatic rings. The quantitative estimate of drug-likeness (QED) is 0.859. The first kappa shape index (κ1) is 10.9. The van der Waals surface area contributed by atoms with Crippen molar-refractivity contribution in [2.75, 3.05) is 6.61 Å². The van der Waals surface area contributed by atoms with E-state index in [-0.39, 0.29) is 18.3 Å². The van der Waals surface area contributed by atoms with Crippen LogP contribution in [0, 0.1) is 5.82 Å². The lowest BCUT2D eigenvalue weighted by Gasteiger charge is -2.13. The van der Waals surface area contributed by atoms with Gasteiger partial charge in [-0.3, -0.25) is 0 Å². The van der Waals surface area contributed by atoms with Crippen LogP contribution in [0.4, 0.5) is 4.39 Å². The second-order valence-electron chi connectivity index (χ2n) is 3.77. The first-order chi connectivity index (χ1) is 7.79. The van der Waals surface area contributed by atoms with Crippen molar-refractivity contribution in [1.29, 1.82) is 0 Å². The Morgan fingerprint density at radius 3 is 2.81 bits per heavy atom. The maximum Gasteiger partial charge on any atom is 0.123 e. The molecule has 2 rings (SSSR count). The number of furan rings is 1. The highest BCUT2D eigenvalue weighted by molar-refractivity contribution is 5.23. The molecule has 1 heterocycles. The summed E-state index contributed by atoms with van der Waals surface area (Å²) in [6.07, 6.45) is 3.88. The van der Waals surface area contributed by atoms with Crippen molar-refractivity contribution in [3.8, 4) is 0 Å². The Morgan fingerprint density at radius 1 is 1.31 bits per heavy atom. The molecule has 0 saturated heterocycles. The average molecular weight is 220 g/mol. The van der Waals surface area contributed by atoms with Crippen LogP contribution < -0.4 is 0 Å². The number of aliphatic hydroxyl groups excluding tert-OH is 1. The van der Waals surface area contributed by atoms with Crippen LogP contribution in [0.25, 0.3) is 0 Å². The van der Waals surface area contributed by atoms with Crippen LogP contribution in [0.5, 0.6) is 0 Å². The van der Waals surface area contributed by atoms with E-state index in [0.29, 0.717) is 6.42 Å². The Morgan fingerprint density at radius 2 is 2.19 bits per heavy atom. The van der Waals surface area contributed by atoms with E-state index >= 15 is 0 Å². The molecule has 1 aromatic carbocycles. The molecule has 2 aromatic rings. The molecule has 0 amide bonds. The number of hydrogen-bond acceptors (Lipinski definition) is 2. The van der Waals surface area contributed by atoms with Crippen LogP contribution in [0.2, 0.25) is 0 Å². The maximum atomic E-state index is 13.0. The minimum absolute atomic E-state index is 0.00532. The van der Waals surface area contributed by atoms with Gasteiger partial charge in [0.15, 0.2) is 0 Å². The van der Waals surface area contributed by atoms with Gasteiger partial charge in [0.05, 0.1) is 19.1 Å². The molecule has 0 radical (unpaired) electrons. The monoisotopic (exact) mass is 220 g/mol. The minimum Gasteiger partial charge on any atom is -0.472 e. The van der Waals surface area contributed by atoms with Crippen LogP contribution in [0.3, 0.4) is 0 Å². The fourth-order valence-corrected chi connectivity index (χ4v) is 1.74. The lowest BCUT2D eigenvalue weighted by molar-refractivity contribution is 0.264. The predicted octanol–water partition coefficient (Wildman–Crippen LogP) is 2.74. The Balaban J connectivity index is 2.16. The number of hydrogen-bond donors (Lipinski definition) is 1. The van der Waals surface area contributed by atoms with E-state index in [1.165, 1.54) is 12.1 Å². The largest absolute Gasteiger partial charge is 0.472 e. The van der Waals surface area contributed by atoms with E-state index in [1.54, 1.807) is 18.6 Å². The Kier molecular flexibility index (Phi) is 3.37. The zero-order chi connectivity index (χ0) is 11.4. The zero-order valence-electron chi connectivity index (χ0n) is 8.77. The summed E-state index contributed by atoms with van der Waals surface area (Å²) in [5, 5.41) is 9.32. The van der Waals surface area contributed by atoms with E-state index in [9.17, 15) is 9.50 Å². The zero-order valence-corrected chi connectivity index (χ0v) is 8.77. The van der Waals surface area contributed by atoms with Crippen LogP contribution >= 0.6 is 0 Å². The standard InChI is InChI=1S/C13H13FO2/c14-13-3-1-2-11(7-13)12(8-15)6-10-4-5-16-9-10/h1-5,7,9,12,15H,6,8H2. The first-order valence-corrected chi connectivity index (χ1v) is 5.17. The van der Waals surface area contributed by atoms with Crippen LogP contribution in [0.15, 0.2) is 47.3 Å². The van der Waals surface area contributed by atoms with E-state index in [1.807, 2.05) is 12.1 Å². The summed E-state index contributed by atoms with van der Waals surface area (Å²) >= 11 is 0. The minimum atomic E-state index is -0.275. The molecule has 0 aliphatic carbocycles. The van der Waals surface area contributed by atoms with Crippen molar-refractivity contribution < 1.29 is 13.9 Å². The van der Waals surface area contributed by atoms with Crippen molar-refractivity contribution >= 4 is 0 Å². The van der Waals surface area contributed by atoms with Gasteiger partial charge in [-0.1, -0.05) is 12.1 Å². The van der Waals surface area contributed by atoms with Gasteiger partial charge in [0.2, 0.25) is 0 Å². The lowest BCUT2D eigenvalue weighted by atomic mass is 9.94. The molecule has 0 bridgehead atoms. The van der Waals surface area contributed by atoms with E-state index < -0.39 is 0 Å². The SMILES string of the molecule is OCC(Cc1ccoc1)c1cccc(F)c1. The average Bonchev–Trinajstić information content (AvgIpc) is 2.78. The summed E-state index contributed by atoms with van der Waals surface area (Å²) in [5.74, 6) is -0.364. The Labute approximate surface area is 93.3 Å². The molecule has 0 saturated carbocycles. The van der Waals surface area contributed by atoms with Gasteiger partial charge in [0, 0.05) is 5.92 Å². The molecule has 1 N–H and O–H groups in total. The van der Waals surface area contributed by atoms with Crippen molar-refractivity contribution in [2.45, 2.75) is 12.3 Å². The molecule has 84 valence electrons. The van der Waals surface area contributed by atoms with E-state index in [2.05, 4.69) is 0 Å². The van der Waals surface area contributed by atoms with Gasteiger partial charge in [-0.2, -0.15) is 0 Å². The van der Waals surface area contributed by atoms with Crippen LogP contribution in [-0.2, 0) is 6.42 Å². The third kappa shape index (κ3) is 2.49. The Bertz CT molecular complexity index is 437. The molecule has 2 nitrogen and oxygen atoms in total. The second-order valence-corrected chi connectivity index (χ2v) is 3.77. The van der Waals surface area contributed by atoms with Crippen LogP contribution in [0.1, 0.15) is 17.0 Å². The third-order valence-electron chi connectivity index (χ3n) is 2.60. The van der Waals surface area contributed by atoms with Gasteiger partial charge in [-0.15, -0.1) is 0 Å². The van der Waals surface area contributed by atoms with Gasteiger partial charge in [-0.05, 0) is 35.7 Å². The number of aliphatic hydroxyl groups is 1. The molecule has 0 fully saturated rings. The van der Waals surface area contributed by atoms with Gasteiger partial charge < -0.3 is 9.52 Å². The normalized spacial score (nSPS) is 12.6. The summed E-state index contributed by atoms with van der Waals surface area (Å²) in [4.78, 5) is 0. The van der Waals surface area contributed by atoms with Gasteiger partial charge in [0.1, 0.15) is 5.82 Å². The van der Waals surface area contributed by atoms with E-state index in [0.717, 1.165) is 11.1 Å². The van der Waals surface area contributed by atoms with Crippen molar-refractivity contribution in [2.24, 2.45) is 0 Å². The Hall–Kier alpha value is -1.61. The summed E-state index contributed by atoms with van der Waals surface area (Å²) in [7, 11) is 0. The summed E-state index contributed by atoms with van der Waals surface area (Å²) in [6, 6.07) is 8.19. The second kappa shape index (κ2) is 4.94. The molecule has 0 spiro atoms. The first-order valence-electron chi connectivity index (χ1n) is 5.17. The smallest absolute Gasteiger partial charge is 0.123 e. The molecule has 3 heteroatoms. The summed E-state index contributed by atoms with van der Waals surface area (Å²) < 4.78 is 18.0. The fourth-order valence-electron chi connectivity index (χ4n) is 1.74. The molecule has 16 heavy (non-hydrogen) atoms. The number of benzene rings is 1. The van der Waals surface area contributed by atoms with Gasteiger partial charge >= 0.3 is 0 Å². The molecular formula is C13H13FO2. The maximum absolute atomic E-state index is 13.0. The summed E-state index contributed by atoms with van der Waals surface area (Å²) in [6.45, 7) is -0.00532. The highest BCUT2D eigenvalue weighted by Crippen LogP contribution is 2.21. The highest BCUT2D eigenvalue weighted by atomic mass is 19.1. The molecule has 1 atom stereocenters. The van der Waals surface area contributed by atoms with Crippen molar-refractivity contribution in [3.63, 3.8) is 0 Å². The predicted molar refractivity (Wildman–Crippen MR) is 58.6 cm³/mol. The molecule has 1 aromatic heterocycles.